The average Bonchev–Trinajstić information content (AvgIpc) is 2.75. The molecule has 1 fully saturated rings. The number of benzene rings is 1. The molecule has 100 valence electrons. The number of hydrogen-bond donors (Lipinski definition) is 2. The molecule has 0 spiro atoms. The molecule has 2 rings (SSSR count). The molecule has 1 saturated heterocycles. The van der Waals surface area contributed by atoms with E-state index in [4.69, 9.17) is 0 Å². The van der Waals surface area contributed by atoms with Crippen molar-refractivity contribution in [3.63, 3.8) is 0 Å². The van der Waals surface area contributed by atoms with Gasteiger partial charge in [-0.05, 0) is 44.1 Å². The van der Waals surface area contributed by atoms with Gasteiger partial charge < -0.3 is 15.3 Å². The SMILES string of the molecule is CN1CCCC1CNCC(O)c1cccc(Br)c1. The molecule has 0 aliphatic carbocycles. The zero-order chi connectivity index (χ0) is 13.0. The molecular formula is C14H21BrN2O. The Morgan fingerprint density at radius 2 is 2.39 bits per heavy atom. The summed E-state index contributed by atoms with van der Waals surface area (Å²) in [6.45, 7) is 2.77. The van der Waals surface area contributed by atoms with E-state index in [1.807, 2.05) is 24.3 Å². The molecule has 2 atom stereocenters. The van der Waals surface area contributed by atoms with Crippen molar-refractivity contribution in [1.29, 1.82) is 0 Å². The number of rotatable bonds is 5. The molecule has 0 aromatic heterocycles. The normalized spacial score (nSPS) is 22.3. The number of aliphatic hydroxyl groups is 1. The minimum Gasteiger partial charge on any atom is -0.387 e. The summed E-state index contributed by atoms with van der Waals surface area (Å²) in [4.78, 5) is 2.39. The summed E-state index contributed by atoms with van der Waals surface area (Å²) in [6.07, 6.45) is 2.11. The van der Waals surface area contributed by atoms with Crippen LogP contribution in [0.1, 0.15) is 24.5 Å². The number of nitrogens with zero attached hydrogens (tertiary/aromatic N) is 1. The number of halogens is 1. The topological polar surface area (TPSA) is 35.5 Å². The molecule has 1 aliphatic heterocycles. The van der Waals surface area contributed by atoms with Crippen LogP contribution in [0.2, 0.25) is 0 Å². The largest absolute Gasteiger partial charge is 0.387 e. The predicted octanol–water partition coefficient (Wildman–Crippen LogP) is 2.17. The van der Waals surface area contributed by atoms with Crippen LogP contribution in [0.5, 0.6) is 0 Å². The van der Waals surface area contributed by atoms with Gasteiger partial charge in [0.2, 0.25) is 0 Å². The summed E-state index contributed by atoms with van der Waals surface area (Å²) in [6, 6.07) is 8.47. The van der Waals surface area contributed by atoms with Gasteiger partial charge in [-0.15, -0.1) is 0 Å². The van der Waals surface area contributed by atoms with Gasteiger partial charge in [-0.2, -0.15) is 0 Å². The molecule has 1 aliphatic rings. The van der Waals surface area contributed by atoms with Crippen LogP contribution >= 0.6 is 15.9 Å². The maximum atomic E-state index is 10.1. The minimum atomic E-state index is -0.436. The molecule has 3 nitrogen and oxygen atoms in total. The fourth-order valence-corrected chi connectivity index (χ4v) is 2.87. The number of likely N-dealkylation sites (tertiary alicyclic amines) is 1. The Morgan fingerprint density at radius 3 is 3.06 bits per heavy atom. The van der Waals surface area contributed by atoms with E-state index in [1.54, 1.807) is 0 Å². The van der Waals surface area contributed by atoms with E-state index < -0.39 is 6.10 Å². The lowest BCUT2D eigenvalue weighted by Crippen LogP contribution is -2.37. The van der Waals surface area contributed by atoms with Crippen molar-refractivity contribution in [2.45, 2.75) is 25.0 Å². The van der Waals surface area contributed by atoms with Crippen molar-refractivity contribution in [3.05, 3.63) is 34.3 Å². The molecular weight excluding hydrogens is 292 g/mol. The monoisotopic (exact) mass is 312 g/mol. The van der Waals surface area contributed by atoms with Crippen LogP contribution < -0.4 is 5.32 Å². The van der Waals surface area contributed by atoms with Crippen molar-refractivity contribution in [2.75, 3.05) is 26.7 Å². The number of hydrogen-bond acceptors (Lipinski definition) is 3. The van der Waals surface area contributed by atoms with Gasteiger partial charge in [-0.25, -0.2) is 0 Å². The summed E-state index contributed by atoms with van der Waals surface area (Å²) in [5.41, 5.74) is 0.955. The van der Waals surface area contributed by atoms with Crippen LogP contribution in [-0.4, -0.2) is 42.7 Å². The number of nitrogens with one attached hydrogen (secondary N) is 1. The zero-order valence-corrected chi connectivity index (χ0v) is 12.4. The highest BCUT2D eigenvalue weighted by Crippen LogP contribution is 2.18. The molecule has 2 N–H and O–H groups in total. The van der Waals surface area contributed by atoms with Gasteiger partial charge in [0, 0.05) is 23.6 Å². The second kappa shape index (κ2) is 6.66. The quantitative estimate of drug-likeness (QED) is 0.874. The van der Waals surface area contributed by atoms with Crippen LogP contribution in [0.4, 0.5) is 0 Å². The Kier molecular flexibility index (Phi) is 5.18. The van der Waals surface area contributed by atoms with Gasteiger partial charge in [0.1, 0.15) is 0 Å². The Labute approximate surface area is 117 Å². The van der Waals surface area contributed by atoms with Crippen LogP contribution in [0.15, 0.2) is 28.7 Å². The van der Waals surface area contributed by atoms with E-state index >= 15 is 0 Å². The minimum absolute atomic E-state index is 0.436. The zero-order valence-electron chi connectivity index (χ0n) is 10.8. The van der Waals surface area contributed by atoms with Crippen molar-refractivity contribution in [3.8, 4) is 0 Å². The van der Waals surface area contributed by atoms with E-state index in [9.17, 15) is 5.11 Å². The van der Waals surface area contributed by atoms with Crippen LogP contribution in [-0.2, 0) is 0 Å². The summed E-state index contributed by atoms with van der Waals surface area (Å²) in [7, 11) is 2.17. The molecule has 0 saturated carbocycles. The van der Waals surface area contributed by atoms with Gasteiger partial charge in [0.05, 0.1) is 6.10 Å². The lowest BCUT2D eigenvalue weighted by molar-refractivity contribution is 0.170. The third kappa shape index (κ3) is 3.79. The smallest absolute Gasteiger partial charge is 0.0914 e. The maximum absolute atomic E-state index is 10.1. The molecule has 1 aromatic carbocycles. The first-order valence-corrected chi connectivity index (χ1v) is 7.30. The first-order chi connectivity index (χ1) is 8.66. The summed E-state index contributed by atoms with van der Waals surface area (Å²) in [5, 5.41) is 13.5. The third-order valence-electron chi connectivity index (χ3n) is 3.62. The molecule has 4 heteroatoms. The van der Waals surface area contributed by atoms with Crippen molar-refractivity contribution in [2.24, 2.45) is 0 Å². The van der Waals surface area contributed by atoms with Gasteiger partial charge >= 0.3 is 0 Å². The first-order valence-electron chi connectivity index (χ1n) is 6.51. The highest BCUT2D eigenvalue weighted by molar-refractivity contribution is 9.10. The highest BCUT2D eigenvalue weighted by atomic mass is 79.9. The number of likely N-dealkylation sites (N-methyl/N-ethyl adjacent to an activating group) is 1. The van der Waals surface area contributed by atoms with Crippen LogP contribution in [0.25, 0.3) is 0 Å². The average molecular weight is 313 g/mol. The summed E-state index contributed by atoms with van der Waals surface area (Å²) < 4.78 is 1.01. The van der Waals surface area contributed by atoms with Crippen molar-refractivity contribution < 1.29 is 5.11 Å². The first kappa shape index (κ1) is 14.0. The van der Waals surface area contributed by atoms with Crippen molar-refractivity contribution >= 4 is 15.9 Å². The second-order valence-corrected chi connectivity index (χ2v) is 5.92. The summed E-state index contributed by atoms with van der Waals surface area (Å²) >= 11 is 3.42. The lowest BCUT2D eigenvalue weighted by atomic mass is 10.1. The summed E-state index contributed by atoms with van der Waals surface area (Å²) in [5.74, 6) is 0. The molecule has 0 amide bonds. The fourth-order valence-electron chi connectivity index (χ4n) is 2.46. The van der Waals surface area contributed by atoms with Gasteiger partial charge in [-0.1, -0.05) is 28.1 Å². The van der Waals surface area contributed by atoms with Crippen LogP contribution in [0, 0.1) is 0 Å². The fraction of sp³-hybridized carbons (Fsp3) is 0.571. The van der Waals surface area contributed by atoms with Gasteiger partial charge in [0.25, 0.3) is 0 Å². The Morgan fingerprint density at radius 1 is 1.56 bits per heavy atom. The molecule has 0 radical (unpaired) electrons. The molecule has 2 unspecified atom stereocenters. The lowest BCUT2D eigenvalue weighted by Gasteiger charge is -2.21. The number of aliphatic hydroxyl groups excluding tert-OH is 1. The third-order valence-corrected chi connectivity index (χ3v) is 4.12. The Bertz CT molecular complexity index is 386. The highest BCUT2D eigenvalue weighted by Gasteiger charge is 2.20. The molecule has 1 aromatic rings. The Hall–Kier alpha value is -0.420. The van der Waals surface area contributed by atoms with E-state index in [1.165, 1.54) is 19.4 Å². The van der Waals surface area contributed by atoms with Crippen molar-refractivity contribution in [1.82, 2.24) is 10.2 Å². The molecule has 18 heavy (non-hydrogen) atoms. The maximum Gasteiger partial charge on any atom is 0.0914 e. The Balaban J connectivity index is 1.76. The standard InChI is InChI=1S/C14H21BrN2O/c1-17-7-3-6-13(17)9-16-10-14(18)11-4-2-5-12(15)8-11/h2,4-5,8,13-14,16,18H,3,6-7,9-10H2,1H3. The van der Waals surface area contributed by atoms with E-state index in [2.05, 4.69) is 33.2 Å². The predicted molar refractivity (Wildman–Crippen MR) is 77.6 cm³/mol. The van der Waals surface area contributed by atoms with E-state index in [0.29, 0.717) is 12.6 Å². The van der Waals surface area contributed by atoms with Gasteiger partial charge in [-0.3, -0.25) is 0 Å². The molecule has 1 heterocycles. The second-order valence-electron chi connectivity index (χ2n) is 5.01. The van der Waals surface area contributed by atoms with E-state index in [-0.39, 0.29) is 0 Å². The molecule has 0 bridgehead atoms. The van der Waals surface area contributed by atoms with Crippen LogP contribution in [0.3, 0.4) is 0 Å². The van der Waals surface area contributed by atoms with E-state index in [0.717, 1.165) is 16.6 Å². The van der Waals surface area contributed by atoms with Gasteiger partial charge in [0.15, 0.2) is 0 Å².